The number of hydrogen-bond donors (Lipinski definition) is 0. The highest BCUT2D eigenvalue weighted by Gasteiger charge is 2.54. The van der Waals surface area contributed by atoms with E-state index in [-0.39, 0.29) is 49.5 Å². The van der Waals surface area contributed by atoms with Crippen molar-refractivity contribution < 1.29 is 28.7 Å². The third-order valence-electron chi connectivity index (χ3n) is 5.04. The van der Waals surface area contributed by atoms with Gasteiger partial charge in [0.15, 0.2) is 5.41 Å². The second kappa shape index (κ2) is 9.11. The molecular weight excluding hydrogens is 324 g/mol. The van der Waals surface area contributed by atoms with Crippen molar-refractivity contribution in [3.05, 3.63) is 0 Å². The number of carbonyl (C=O) groups is 4. The Hall–Kier alpha value is -1.72. The SMILES string of the molecule is CCOC(=O)C1(C(=O)OCC)CCC(CC(=O)C(C)C)C(C(C)=O)C1. The monoisotopic (exact) mass is 354 g/mol. The number of hydrogen-bond acceptors (Lipinski definition) is 6. The maximum atomic E-state index is 12.5. The molecule has 1 aliphatic carbocycles. The fourth-order valence-electron chi connectivity index (χ4n) is 3.48. The second-order valence-electron chi connectivity index (χ2n) is 7.07. The molecule has 0 N–H and O–H groups in total. The molecule has 1 fully saturated rings. The van der Waals surface area contributed by atoms with Crippen LogP contribution in [0.5, 0.6) is 0 Å². The molecule has 25 heavy (non-hydrogen) atoms. The smallest absolute Gasteiger partial charge is 0.323 e. The van der Waals surface area contributed by atoms with E-state index in [0.717, 1.165) is 0 Å². The summed E-state index contributed by atoms with van der Waals surface area (Å²) >= 11 is 0. The fourth-order valence-corrected chi connectivity index (χ4v) is 3.48. The number of ether oxygens (including phenoxy) is 2. The molecule has 1 saturated carbocycles. The summed E-state index contributed by atoms with van der Waals surface area (Å²) in [6.07, 6.45) is 1.03. The Morgan fingerprint density at radius 3 is 1.96 bits per heavy atom. The van der Waals surface area contributed by atoms with Crippen LogP contribution in [0.2, 0.25) is 0 Å². The molecule has 1 rings (SSSR count). The normalized spacial score (nSPS) is 22.3. The first kappa shape index (κ1) is 21.3. The van der Waals surface area contributed by atoms with E-state index in [1.807, 2.05) is 13.8 Å². The number of ketones is 2. The van der Waals surface area contributed by atoms with E-state index < -0.39 is 23.3 Å². The van der Waals surface area contributed by atoms with Crippen LogP contribution in [0.3, 0.4) is 0 Å². The van der Waals surface area contributed by atoms with Crippen LogP contribution in [-0.4, -0.2) is 36.7 Å². The largest absolute Gasteiger partial charge is 0.465 e. The number of carbonyl (C=O) groups excluding carboxylic acids is 4. The van der Waals surface area contributed by atoms with Crippen molar-refractivity contribution in [2.24, 2.45) is 23.2 Å². The molecule has 1 aliphatic rings. The molecule has 6 nitrogen and oxygen atoms in total. The van der Waals surface area contributed by atoms with E-state index >= 15 is 0 Å². The van der Waals surface area contributed by atoms with Crippen LogP contribution in [0.4, 0.5) is 0 Å². The maximum absolute atomic E-state index is 12.5. The molecule has 0 aromatic carbocycles. The van der Waals surface area contributed by atoms with E-state index in [1.165, 1.54) is 6.92 Å². The maximum Gasteiger partial charge on any atom is 0.323 e. The molecule has 0 spiro atoms. The molecule has 0 amide bonds. The van der Waals surface area contributed by atoms with E-state index in [1.54, 1.807) is 13.8 Å². The lowest BCUT2D eigenvalue weighted by Gasteiger charge is -2.40. The third kappa shape index (κ3) is 4.89. The van der Waals surface area contributed by atoms with E-state index in [4.69, 9.17) is 9.47 Å². The average Bonchev–Trinajstić information content (AvgIpc) is 2.55. The second-order valence-corrected chi connectivity index (χ2v) is 7.07. The van der Waals surface area contributed by atoms with E-state index in [9.17, 15) is 19.2 Å². The van der Waals surface area contributed by atoms with Gasteiger partial charge in [-0.15, -0.1) is 0 Å². The predicted octanol–water partition coefficient (Wildman–Crippen LogP) is 2.72. The van der Waals surface area contributed by atoms with Crippen LogP contribution in [0.25, 0.3) is 0 Å². The van der Waals surface area contributed by atoms with Crippen molar-refractivity contribution in [2.75, 3.05) is 13.2 Å². The van der Waals surface area contributed by atoms with Gasteiger partial charge in [-0.1, -0.05) is 13.8 Å². The first-order valence-electron chi connectivity index (χ1n) is 9.07. The molecule has 0 aromatic rings. The summed E-state index contributed by atoms with van der Waals surface area (Å²) in [7, 11) is 0. The van der Waals surface area contributed by atoms with Crippen molar-refractivity contribution in [2.45, 2.75) is 60.3 Å². The molecule has 6 heteroatoms. The van der Waals surface area contributed by atoms with Gasteiger partial charge in [-0.2, -0.15) is 0 Å². The van der Waals surface area contributed by atoms with Crippen molar-refractivity contribution in [1.82, 2.24) is 0 Å². The molecule has 0 aliphatic heterocycles. The van der Waals surface area contributed by atoms with Gasteiger partial charge in [0, 0.05) is 18.3 Å². The topological polar surface area (TPSA) is 86.7 Å². The van der Waals surface area contributed by atoms with E-state index in [2.05, 4.69) is 0 Å². The minimum Gasteiger partial charge on any atom is -0.465 e. The van der Waals surface area contributed by atoms with Gasteiger partial charge in [-0.3, -0.25) is 19.2 Å². The van der Waals surface area contributed by atoms with Crippen molar-refractivity contribution in [3.8, 4) is 0 Å². The lowest BCUT2D eigenvalue weighted by atomic mass is 9.62. The Morgan fingerprint density at radius 1 is 1.04 bits per heavy atom. The zero-order valence-electron chi connectivity index (χ0n) is 15.9. The zero-order chi connectivity index (χ0) is 19.2. The number of rotatable bonds is 8. The third-order valence-corrected chi connectivity index (χ3v) is 5.04. The van der Waals surface area contributed by atoms with Crippen LogP contribution in [0, 0.1) is 23.2 Å². The Labute approximate surface area is 149 Å². The van der Waals surface area contributed by atoms with Gasteiger partial charge in [0.25, 0.3) is 0 Å². The lowest BCUT2D eigenvalue weighted by Crippen LogP contribution is -2.49. The van der Waals surface area contributed by atoms with Gasteiger partial charge in [-0.05, 0) is 46.0 Å². The minimum absolute atomic E-state index is 0.0516. The van der Waals surface area contributed by atoms with Crippen LogP contribution in [-0.2, 0) is 28.7 Å². The van der Waals surface area contributed by atoms with Crippen LogP contribution in [0.15, 0.2) is 0 Å². The molecule has 2 atom stereocenters. The Morgan fingerprint density at radius 2 is 1.56 bits per heavy atom. The minimum atomic E-state index is -1.44. The molecule has 0 bridgehead atoms. The first-order chi connectivity index (χ1) is 11.7. The van der Waals surface area contributed by atoms with Gasteiger partial charge in [0.2, 0.25) is 0 Å². The van der Waals surface area contributed by atoms with Gasteiger partial charge >= 0.3 is 11.9 Å². The highest BCUT2D eigenvalue weighted by atomic mass is 16.6. The first-order valence-corrected chi connectivity index (χ1v) is 9.07. The Kier molecular flexibility index (Phi) is 7.77. The molecule has 0 aromatic heterocycles. The van der Waals surface area contributed by atoms with Gasteiger partial charge < -0.3 is 9.47 Å². The molecule has 0 radical (unpaired) electrons. The quantitative estimate of drug-likeness (QED) is 0.492. The summed E-state index contributed by atoms with van der Waals surface area (Å²) in [5, 5.41) is 0. The molecule has 142 valence electrons. The number of esters is 2. The standard InChI is InChI=1S/C19H30O6/c1-6-24-17(22)19(18(23)25-7-2)9-8-14(10-16(21)12(3)4)15(11-19)13(5)20/h12,14-15H,6-11H2,1-5H3. The highest BCUT2D eigenvalue weighted by Crippen LogP contribution is 2.46. The summed E-state index contributed by atoms with van der Waals surface area (Å²) < 4.78 is 10.2. The zero-order valence-corrected chi connectivity index (χ0v) is 15.9. The summed E-state index contributed by atoms with van der Waals surface area (Å²) in [5.74, 6) is -2.05. The van der Waals surface area contributed by atoms with Crippen molar-refractivity contribution >= 4 is 23.5 Å². The number of Topliss-reactive ketones (excluding diaryl/α,β-unsaturated/α-hetero) is 2. The molecule has 0 saturated heterocycles. The highest BCUT2D eigenvalue weighted by molar-refractivity contribution is 6.01. The summed E-state index contributed by atoms with van der Waals surface area (Å²) in [6.45, 7) is 8.76. The van der Waals surface area contributed by atoms with Crippen LogP contribution in [0.1, 0.15) is 60.3 Å². The predicted molar refractivity (Wildman–Crippen MR) is 91.7 cm³/mol. The van der Waals surface area contributed by atoms with E-state index in [0.29, 0.717) is 12.8 Å². The molecule has 2 unspecified atom stereocenters. The van der Waals surface area contributed by atoms with Crippen LogP contribution >= 0.6 is 0 Å². The van der Waals surface area contributed by atoms with Crippen LogP contribution < -0.4 is 0 Å². The fraction of sp³-hybridized carbons (Fsp3) is 0.789. The lowest BCUT2D eigenvalue weighted by molar-refractivity contribution is -0.177. The summed E-state index contributed by atoms with van der Waals surface area (Å²) in [4.78, 5) is 49.4. The Balaban J connectivity index is 3.11. The van der Waals surface area contributed by atoms with Crippen molar-refractivity contribution in [1.29, 1.82) is 0 Å². The summed E-state index contributed by atoms with van der Waals surface area (Å²) in [6, 6.07) is 0. The van der Waals surface area contributed by atoms with Gasteiger partial charge in [0.1, 0.15) is 11.6 Å². The summed E-state index contributed by atoms with van der Waals surface area (Å²) in [5.41, 5.74) is -1.44. The van der Waals surface area contributed by atoms with Gasteiger partial charge in [0.05, 0.1) is 13.2 Å². The van der Waals surface area contributed by atoms with Gasteiger partial charge in [-0.25, -0.2) is 0 Å². The molecular formula is C19H30O6. The molecule has 0 heterocycles. The van der Waals surface area contributed by atoms with Crippen molar-refractivity contribution in [3.63, 3.8) is 0 Å². The average molecular weight is 354 g/mol. The Bertz CT molecular complexity index is 504.